The van der Waals surface area contributed by atoms with Gasteiger partial charge in [-0.05, 0) is 32.9 Å². The van der Waals surface area contributed by atoms with Crippen LogP contribution in [0.1, 0.15) is 28.7 Å². The highest BCUT2D eigenvalue weighted by atomic mass is 16.4. The number of aliphatic carboxylic acids is 1. The van der Waals surface area contributed by atoms with E-state index in [1.165, 1.54) is 0 Å². The number of aromatic nitrogens is 1. The SMILES string of the molecule is Cc1ccc(C(=O)N2CCN(C(C)C(=O)O)CC2)c(C)n1. The number of carbonyl (C=O) groups excluding carboxylic acids is 1. The number of carboxylic acids is 1. The van der Waals surface area contributed by atoms with E-state index in [-0.39, 0.29) is 5.91 Å². The molecule has 1 aliphatic rings. The molecule has 1 atom stereocenters. The molecule has 0 aliphatic carbocycles. The molecule has 1 amide bonds. The van der Waals surface area contributed by atoms with Gasteiger partial charge in [-0.3, -0.25) is 19.5 Å². The number of carboxylic acid groups (broad SMARTS) is 1. The molecule has 0 radical (unpaired) electrons. The van der Waals surface area contributed by atoms with Crippen molar-refractivity contribution >= 4 is 11.9 Å². The number of hydrogen-bond acceptors (Lipinski definition) is 4. The molecule has 1 aromatic rings. The highest BCUT2D eigenvalue weighted by Crippen LogP contribution is 2.13. The Balaban J connectivity index is 2.02. The molecule has 0 aromatic carbocycles. The van der Waals surface area contributed by atoms with Crippen LogP contribution in [0.4, 0.5) is 0 Å². The molecule has 6 nitrogen and oxygen atoms in total. The normalized spacial score (nSPS) is 17.6. The van der Waals surface area contributed by atoms with Crippen LogP contribution in [0.5, 0.6) is 0 Å². The molecule has 0 saturated carbocycles. The molecule has 2 heterocycles. The molecular weight excluding hydrogens is 270 g/mol. The van der Waals surface area contributed by atoms with Crippen LogP contribution >= 0.6 is 0 Å². The fourth-order valence-electron chi connectivity index (χ4n) is 2.55. The molecule has 21 heavy (non-hydrogen) atoms. The molecule has 6 heteroatoms. The van der Waals surface area contributed by atoms with Gasteiger partial charge in [0.2, 0.25) is 0 Å². The van der Waals surface area contributed by atoms with Gasteiger partial charge in [0, 0.05) is 31.9 Å². The zero-order valence-corrected chi connectivity index (χ0v) is 12.7. The van der Waals surface area contributed by atoms with Crippen LogP contribution in [0.3, 0.4) is 0 Å². The zero-order valence-electron chi connectivity index (χ0n) is 12.7. The highest BCUT2D eigenvalue weighted by molar-refractivity contribution is 5.95. The maximum atomic E-state index is 12.5. The van der Waals surface area contributed by atoms with E-state index < -0.39 is 12.0 Å². The quantitative estimate of drug-likeness (QED) is 0.897. The maximum absolute atomic E-state index is 12.5. The lowest BCUT2D eigenvalue weighted by molar-refractivity contribution is -0.143. The van der Waals surface area contributed by atoms with Gasteiger partial charge in [0.05, 0.1) is 11.3 Å². The molecule has 0 spiro atoms. The summed E-state index contributed by atoms with van der Waals surface area (Å²) in [6.45, 7) is 7.66. The average molecular weight is 291 g/mol. The average Bonchev–Trinajstić information content (AvgIpc) is 2.46. The molecule has 1 N–H and O–H groups in total. The van der Waals surface area contributed by atoms with Gasteiger partial charge in [-0.15, -0.1) is 0 Å². The summed E-state index contributed by atoms with van der Waals surface area (Å²) in [7, 11) is 0. The van der Waals surface area contributed by atoms with Crippen molar-refractivity contribution in [1.29, 1.82) is 0 Å². The van der Waals surface area contributed by atoms with E-state index in [1.807, 2.05) is 30.9 Å². The first kappa shape index (κ1) is 15.4. The molecule has 1 unspecified atom stereocenters. The van der Waals surface area contributed by atoms with Crippen LogP contribution < -0.4 is 0 Å². The fourth-order valence-corrected chi connectivity index (χ4v) is 2.55. The van der Waals surface area contributed by atoms with E-state index in [4.69, 9.17) is 5.11 Å². The molecule has 1 aromatic heterocycles. The van der Waals surface area contributed by atoms with Crippen LogP contribution in [0.15, 0.2) is 12.1 Å². The van der Waals surface area contributed by atoms with E-state index >= 15 is 0 Å². The number of piperazine rings is 1. The van der Waals surface area contributed by atoms with Gasteiger partial charge in [0.15, 0.2) is 0 Å². The van der Waals surface area contributed by atoms with Gasteiger partial charge in [-0.1, -0.05) is 0 Å². The van der Waals surface area contributed by atoms with E-state index in [9.17, 15) is 9.59 Å². The first-order chi connectivity index (χ1) is 9.90. The molecular formula is C15H21N3O3. The molecule has 1 aliphatic heterocycles. The fraction of sp³-hybridized carbons (Fsp3) is 0.533. The minimum absolute atomic E-state index is 0.0253. The number of hydrogen-bond donors (Lipinski definition) is 1. The summed E-state index contributed by atoms with van der Waals surface area (Å²) in [6.07, 6.45) is 0. The van der Waals surface area contributed by atoms with Crippen LogP contribution in [-0.2, 0) is 4.79 Å². The minimum atomic E-state index is -0.826. The van der Waals surface area contributed by atoms with Gasteiger partial charge in [-0.25, -0.2) is 0 Å². The smallest absolute Gasteiger partial charge is 0.320 e. The molecule has 2 rings (SSSR count). The first-order valence-corrected chi connectivity index (χ1v) is 7.10. The second-order valence-electron chi connectivity index (χ2n) is 5.43. The lowest BCUT2D eigenvalue weighted by atomic mass is 10.1. The standard InChI is InChI=1S/C15H21N3O3/c1-10-4-5-13(11(2)16-10)14(19)18-8-6-17(7-9-18)12(3)15(20)21/h4-5,12H,6-9H2,1-3H3,(H,20,21). The Labute approximate surface area is 124 Å². The highest BCUT2D eigenvalue weighted by Gasteiger charge is 2.28. The van der Waals surface area contributed by atoms with Gasteiger partial charge in [0.25, 0.3) is 5.91 Å². The van der Waals surface area contributed by atoms with Crippen LogP contribution in [0, 0.1) is 13.8 Å². The Hall–Kier alpha value is -1.95. The maximum Gasteiger partial charge on any atom is 0.320 e. The number of rotatable bonds is 3. The van der Waals surface area contributed by atoms with Gasteiger partial charge >= 0.3 is 5.97 Å². The predicted octanol–water partition coefficient (Wildman–Crippen LogP) is 0.929. The third-order valence-electron chi connectivity index (χ3n) is 3.96. The summed E-state index contributed by atoms with van der Waals surface area (Å²) >= 11 is 0. The Morgan fingerprint density at radius 2 is 1.81 bits per heavy atom. The summed E-state index contributed by atoms with van der Waals surface area (Å²) < 4.78 is 0. The Kier molecular flexibility index (Phi) is 4.57. The van der Waals surface area contributed by atoms with Gasteiger partial charge in [0.1, 0.15) is 6.04 Å². The van der Waals surface area contributed by atoms with E-state index in [2.05, 4.69) is 4.98 Å². The first-order valence-electron chi connectivity index (χ1n) is 7.10. The van der Waals surface area contributed by atoms with Crippen molar-refractivity contribution in [2.24, 2.45) is 0 Å². The summed E-state index contributed by atoms with van der Waals surface area (Å²) in [6, 6.07) is 3.14. The van der Waals surface area contributed by atoms with Crippen molar-refractivity contribution in [3.8, 4) is 0 Å². The van der Waals surface area contributed by atoms with Crippen molar-refractivity contribution < 1.29 is 14.7 Å². The number of nitrogens with zero attached hydrogens (tertiary/aromatic N) is 3. The van der Waals surface area contributed by atoms with E-state index in [1.54, 1.807) is 11.8 Å². The Bertz CT molecular complexity index is 551. The monoisotopic (exact) mass is 291 g/mol. The molecule has 0 bridgehead atoms. The molecule has 1 fully saturated rings. The van der Waals surface area contributed by atoms with Crippen molar-refractivity contribution in [3.63, 3.8) is 0 Å². The second kappa shape index (κ2) is 6.22. The Morgan fingerprint density at radius 3 is 2.33 bits per heavy atom. The van der Waals surface area contributed by atoms with Gasteiger partial charge in [-0.2, -0.15) is 0 Å². The van der Waals surface area contributed by atoms with Crippen LogP contribution in [0.25, 0.3) is 0 Å². The van der Waals surface area contributed by atoms with Crippen molar-refractivity contribution in [2.45, 2.75) is 26.8 Å². The minimum Gasteiger partial charge on any atom is -0.480 e. The third kappa shape index (κ3) is 3.39. The van der Waals surface area contributed by atoms with Gasteiger partial charge < -0.3 is 10.0 Å². The van der Waals surface area contributed by atoms with Crippen molar-refractivity contribution in [3.05, 3.63) is 29.1 Å². The summed E-state index contributed by atoms with van der Waals surface area (Å²) in [5.41, 5.74) is 2.26. The number of carbonyl (C=O) groups is 2. The van der Waals surface area contributed by atoms with Crippen molar-refractivity contribution in [1.82, 2.24) is 14.8 Å². The number of pyridine rings is 1. The third-order valence-corrected chi connectivity index (χ3v) is 3.96. The largest absolute Gasteiger partial charge is 0.480 e. The molecule has 114 valence electrons. The van der Waals surface area contributed by atoms with Crippen molar-refractivity contribution in [2.75, 3.05) is 26.2 Å². The lowest BCUT2D eigenvalue weighted by Crippen LogP contribution is -2.53. The van der Waals surface area contributed by atoms with E-state index in [0.29, 0.717) is 31.7 Å². The van der Waals surface area contributed by atoms with Crippen LogP contribution in [-0.4, -0.2) is 64.0 Å². The lowest BCUT2D eigenvalue weighted by Gasteiger charge is -2.36. The topological polar surface area (TPSA) is 73.7 Å². The van der Waals surface area contributed by atoms with E-state index in [0.717, 1.165) is 11.4 Å². The summed E-state index contributed by atoms with van der Waals surface area (Å²) in [5, 5.41) is 9.02. The zero-order chi connectivity index (χ0) is 15.6. The Morgan fingerprint density at radius 1 is 1.19 bits per heavy atom. The number of amides is 1. The summed E-state index contributed by atoms with van der Waals surface area (Å²) in [4.78, 5) is 31.4. The van der Waals surface area contributed by atoms with Crippen LogP contribution in [0.2, 0.25) is 0 Å². The predicted molar refractivity (Wildman–Crippen MR) is 78.3 cm³/mol. The summed E-state index contributed by atoms with van der Waals surface area (Å²) in [5.74, 6) is -0.851. The molecule has 1 saturated heterocycles. The number of aryl methyl sites for hydroxylation is 2. The second-order valence-corrected chi connectivity index (χ2v) is 5.43.